The molecule has 1 amide bonds. The van der Waals surface area contributed by atoms with Crippen molar-refractivity contribution in [2.45, 2.75) is 32.2 Å². The minimum Gasteiger partial charge on any atom is -0.478 e. The second-order valence-electron chi connectivity index (χ2n) is 5.35. The van der Waals surface area contributed by atoms with E-state index in [0.29, 0.717) is 18.0 Å². The molecule has 0 saturated carbocycles. The van der Waals surface area contributed by atoms with Crippen molar-refractivity contribution in [3.8, 4) is 0 Å². The zero-order valence-electron chi connectivity index (χ0n) is 12.0. The fraction of sp³-hybridized carbons (Fsp3) is 0.533. The minimum absolute atomic E-state index is 0.00365. The average Bonchev–Trinajstić information content (AvgIpc) is 2.52. The summed E-state index contributed by atoms with van der Waals surface area (Å²) in [6.07, 6.45) is 5.14. The molecular weight excluding hydrogens is 270 g/mol. The van der Waals surface area contributed by atoms with Gasteiger partial charge in [-0.25, -0.2) is 4.79 Å². The van der Waals surface area contributed by atoms with E-state index in [2.05, 4.69) is 15.6 Å². The van der Waals surface area contributed by atoms with Crippen LogP contribution in [0.3, 0.4) is 0 Å². The molecule has 6 nitrogen and oxygen atoms in total. The fourth-order valence-electron chi connectivity index (χ4n) is 2.49. The molecular formula is C15H21N3O3. The van der Waals surface area contributed by atoms with Crippen LogP contribution >= 0.6 is 0 Å². The number of carboxylic acids is 1. The van der Waals surface area contributed by atoms with Gasteiger partial charge in [-0.3, -0.25) is 9.78 Å². The van der Waals surface area contributed by atoms with E-state index in [-0.39, 0.29) is 18.0 Å². The molecule has 3 N–H and O–H groups in total. The van der Waals surface area contributed by atoms with Crippen LogP contribution in [-0.2, 0) is 11.3 Å². The van der Waals surface area contributed by atoms with Crippen molar-refractivity contribution in [1.82, 2.24) is 15.6 Å². The normalized spacial score (nSPS) is 15.6. The highest BCUT2D eigenvalue weighted by atomic mass is 16.4. The standard InChI is InChI=1S/C15H21N3O3/c19-14(2-1-11-3-6-16-7-4-11)18-10-13-9-12(15(20)21)5-8-17-13/h5,8-9,11,16H,1-4,6-7,10H2,(H,18,19)(H,20,21). The lowest BCUT2D eigenvalue weighted by Gasteiger charge is -2.22. The van der Waals surface area contributed by atoms with Crippen LogP contribution in [0.2, 0.25) is 0 Å². The molecule has 6 heteroatoms. The van der Waals surface area contributed by atoms with Crippen LogP contribution < -0.4 is 10.6 Å². The van der Waals surface area contributed by atoms with Gasteiger partial charge in [-0.15, -0.1) is 0 Å². The van der Waals surface area contributed by atoms with Gasteiger partial charge in [-0.05, 0) is 50.4 Å². The Hall–Kier alpha value is -1.95. The maximum atomic E-state index is 11.8. The Balaban J connectivity index is 1.73. The molecule has 1 aliphatic heterocycles. The van der Waals surface area contributed by atoms with Crippen LogP contribution in [0.5, 0.6) is 0 Å². The van der Waals surface area contributed by atoms with Gasteiger partial charge in [-0.2, -0.15) is 0 Å². The molecule has 1 fully saturated rings. The zero-order chi connectivity index (χ0) is 15.1. The fourth-order valence-corrected chi connectivity index (χ4v) is 2.49. The van der Waals surface area contributed by atoms with Gasteiger partial charge in [0.2, 0.25) is 5.91 Å². The van der Waals surface area contributed by atoms with Crippen molar-refractivity contribution in [1.29, 1.82) is 0 Å². The number of aromatic nitrogens is 1. The van der Waals surface area contributed by atoms with Crippen LogP contribution in [0.15, 0.2) is 18.3 Å². The molecule has 0 radical (unpaired) electrons. The number of carboxylic acid groups (broad SMARTS) is 1. The minimum atomic E-state index is -0.990. The molecule has 114 valence electrons. The lowest BCUT2D eigenvalue weighted by Crippen LogP contribution is -2.29. The highest BCUT2D eigenvalue weighted by molar-refractivity contribution is 5.87. The Labute approximate surface area is 124 Å². The lowest BCUT2D eigenvalue weighted by atomic mass is 9.93. The molecule has 0 spiro atoms. The first kappa shape index (κ1) is 15.4. The Morgan fingerprint density at radius 2 is 2.14 bits per heavy atom. The number of carbonyl (C=O) groups excluding carboxylic acids is 1. The molecule has 0 aliphatic carbocycles. The second-order valence-corrected chi connectivity index (χ2v) is 5.35. The summed E-state index contributed by atoms with van der Waals surface area (Å²) in [7, 11) is 0. The van der Waals surface area contributed by atoms with Crippen molar-refractivity contribution in [3.63, 3.8) is 0 Å². The van der Waals surface area contributed by atoms with Crippen LogP contribution in [0.1, 0.15) is 41.7 Å². The predicted molar refractivity (Wildman–Crippen MR) is 77.9 cm³/mol. The summed E-state index contributed by atoms with van der Waals surface area (Å²) in [5, 5.41) is 15.0. The molecule has 2 rings (SSSR count). The smallest absolute Gasteiger partial charge is 0.335 e. The third-order valence-corrected chi connectivity index (χ3v) is 3.77. The van der Waals surface area contributed by atoms with E-state index in [1.54, 1.807) is 0 Å². The Kier molecular flexibility index (Phi) is 5.68. The summed E-state index contributed by atoms with van der Waals surface area (Å²) < 4.78 is 0. The third kappa shape index (κ3) is 5.15. The lowest BCUT2D eigenvalue weighted by molar-refractivity contribution is -0.121. The number of hydrogen-bond donors (Lipinski definition) is 3. The van der Waals surface area contributed by atoms with Crippen LogP contribution in [0, 0.1) is 5.92 Å². The monoisotopic (exact) mass is 291 g/mol. The van der Waals surface area contributed by atoms with Crippen molar-refractivity contribution >= 4 is 11.9 Å². The molecule has 1 aromatic heterocycles. The summed E-state index contributed by atoms with van der Waals surface area (Å²) in [5.41, 5.74) is 0.745. The van der Waals surface area contributed by atoms with Gasteiger partial charge in [0.1, 0.15) is 0 Å². The van der Waals surface area contributed by atoms with E-state index in [4.69, 9.17) is 5.11 Å². The molecule has 1 aliphatic rings. The van der Waals surface area contributed by atoms with E-state index < -0.39 is 5.97 Å². The number of piperidine rings is 1. The average molecular weight is 291 g/mol. The van der Waals surface area contributed by atoms with Gasteiger partial charge >= 0.3 is 5.97 Å². The van der Waals surface area contributed by atoms with Crippen molar-refractivity contribution in [2.75, 3.05) is 13.1 Å². The summed E-state index contributed by atoms with van der Waals surface area (Å²) in [4.78, 5) is 26.7. The van der Waals surface area contributed by atoms with Crippen LogP contribution in [-0.4, -0.2) is 35.1 Å². The SMILES string of the molecule is O=C(CCC1CCNCC1)NCc1cc(C(=O)O)ccn1. The first-order valence-corrected chi connectivity index (χ1v) is 7.31. The molecule has 1 aromatic rings. The maximum absolute atomic E-state index is 11.8. The topological polar surface area (TPSA) is 91.3 Å². The number of pyridine rings is 1. The number of hydrogen-bond acceptors (Lipinski definition) is 4. The van der Waals surface area contributed by atoms with Gasteiger partial charge in [0.05, 0.1) is 17.8 Å². The number of amides is 1. The van der Waals surface area contributed by atoms with Crippen molar-refractivity contribution in [3.05, 3.63) is 29.6 Å². The van der Waals surface area contributed by atoms with E-state index in [1.807, 2.05) is 0 Å². The molecule has 21 heavy (non-hydrogen) atoms. The van der Waals surface area contributed by atoms with Gasteiger partial charge in [-0.1, -0.05) is 0 Å². The van der Waals surface area contributed by atoms with Crippen LogP contribution in [0.4, 0.5) is 0 Å². The van der Waals surface area contributed by atoms with Gasteiger partial charge < -0.3 is 15.7 Å². The highest BCUT2D eigenvalue weighted by Crippen LogP contribution is 2.17. The first-order valence-electron chi connectivity index (χ1n) is 7.31. The second kappa shape index (κ2) is 7.73. The molecule has 2 heterocycles. The van der Waals surface area contributed by atoms with Crippen molar-refractivity contribution in [2.24, 2.45) is 5.92 Å². The third-order valence-electron chi connectivity index (χ3n) is 3.77. The largest absolute Gasteiger partial charge is 0.478 e. The zero-order valence-corrected chi connectivity index (χ0v) is 12.0. The number of rotatable bonds is 6. The van der Waals surface area contributed by atoms with Gasteiger partial charge in [0, 0.05) is 12.6 Å². The maximum Gasteiger partial charge on any atom is 0.335 e. The first-order chi connectivity index (χ1) is 10.1. The van der Waals surface area contributed by atoms with Crippen molar-refractivity contribution < 1.29 is 14.7 Å². The van der Waals surface area contributed by atoms with Gasteiger partial charge in [0.25, 0.3) is 0 Å². The predicted octanol–water partition coefficient (Wildman–Crippen LogP) is 1.18. The van der Waals surface area contributed by atoms with E-state index >= 15 is 0 Å². The Bertz CT molecular complexity index is 499. The Morgan fingerprint density at radius 3 is 2.86 bits per heavy atom. The van der Waals surface area contributed by atoms with Gasteiger partial charge in [0.15, 0.2) is 0 Å². The summed E-state index contributed by atoms with van der Waals surface area (Å²) in [6, 6.07) is 2.92. The molecule has 0 bridgehead atoms. The molecule has 0 atom stereocenters. The summed E-state index contributed by atoms with van der Waals surface area (Å²) >= 11 is 0. The quantitative estimate of drug-likeness (QED) is 0.732. The summed E-state index contributed by atoms with van der Waals surface area (Å²) in [5.74, 6) is -0.364. The van der Waals surface area contributed by atoms with E-state index in [0.717, 1.165) is 32.4 Å². The van der Waals surface area contributed by atoms with E-state index in [9.17, 15) is 9.59 Å². The molecule has 1 saturated heterocycles. The number of carbonyl (C=O) groups is 2. The van der Waals surface area contributed by atoms with Crippen LogP contribution in [0.25, 0.3) is 0 Å². The highest BCUT2D eigenvalue weighted by Gasteiger charge is 2.14. The van der Waals surface area contributed by atoms with E-state index in [1.165, 1.54) is 18.3 Å². The number of nitrogens with zero attached hydrogens (tertiary/aromatic N) is 1. The number of aromatic carboxylic acids is 1. The summed E-state index contributed by atoms with van der Waals surface area (Å²) in [6.45, 7) is 2.35. The molecule has 0 unspecified atom stereocenters. The number of nitrogens with one attached hydrogen (secondary N) is 2. The Morgan fingerprint density at radius 1 is 1.38 bits per heavy atom. The molecule has 0 aromatic carbocycles.